The van der Waals surface area contributed by atoms with E-state index in [4.69, 9.17) is 0 Å². The Kier molecular flexibility index (Phi) is 9.30. The van der Waals surface area contributed by atoms with E-state index in [0.717, 1.165) is 21.5 Å². The summed E-state index contributed by atoms with van der Waals surface area (Å²) in [5.74, 6) is 0.331. The lowest BCUT2D eigenvalue weighted by atomic mass is 10.0. The second-order valence-electron chi connectivity index (χ2n) is 9.88. The number of rotatable bonds is 11. The SMILES string of the molecule is CCCCc1nn(-c2ccccc2C(F)(F)F)c(=O)n1Cc1ccc(-c2ccccc2S(=O)(=O)NS(=O)(=O)N(C)C)cc1. The highest BCUT2D eigenvalue weighted by Gasteiger charge is 2.35. The average molecular weight is 638 g/mol. The van der Waals surface area contributed by atoms with E-state index in [1.54, 1.807) is 34.5 Å². The summed E-state index contributed by atoms with van der Waals surface area (Å²) in [5.41, 5.74) is -0.755. The van der Waals surface area contributed by atoms with Gasteiger partial charge >= 0.3 is 11.9 Å². The number of nitrogens with zero attached hydrogens (tertiary/aromatic N) is 4. The standard InChI is InChI=1S/C28H30F3N5O5S2/c1-4-5-14-26-32-36(24-12-8-7-11-23(24)28(29,30)31)27(37)35(26)19-20-15-17-21(18-16-20)22-10-6-9-13-25(22)42(38,39)33-43(40,41)34(2)3/h6-13,15-18,33H,4-5,14,19H2,1-3H3. The Bertz CT molecular complexity index is 1880. The summed E-state index contributed by atoms with van der Waals surface area (Å²) in [7, 11) is -6.38. The zero-order valence-corrected chi connectivity index (χ0v) is 25.2. The number of para-hydroxylation sites is 1. The summed E-state index contributed by atoms with van der Waals surface area (Å²) in [6.45, 7) is 1.95. The van der Waals surface area contributed by atoms with Crippen molar-refractivity contribution < 1.29 is 30.0 Å². The third kappa shape index (κ3) is 7.06. The number of benzene rings is 3. The Morgan fingerprint density at radius 1 is 0.907 bits per heavy atom. The Hall–Kier alpha value is -3.79. The fourth-order valence-electron chi connectivity index (χ4n) is 4.34. The summed E-state index contributed by atoms with van der Waals surface area (Å²) in [6.07, 6.45) is -2.87. The number of hydrogen-bond acceptors (Lipinski definition) is 6. The fraction of sp³-hybridized carbons (Fsp3) is 0.286. The smallest absolute Gasteiger partial charge is 0.274 e. The van der Waals surface area contributed by atoms with Crippen LogP contribution in [0, 0.1) is 0 Å². The first-order chi connectivity index (χ1) is 20.2. The molecule has 3 aromatic carbocycles. The van der Waals surface area contributed by atoms with Crippen molar-refractivity contribution in [2.75, 3.05) is 14.1 Å². The molecule has 15 heteroatoms. The number of sulfonamides is 1. The first-order valence-electron chi connectivity index (χ1n) is 13.2. The highest BCUT2D eigenvalue weighted by atomic mass is 32.3. The number of alkyl halides is 3. The summed E-state index contributed by atoms with van der Waals surface area (Å²) in [6, 6.07) is 17.2. The molecule has 0 aliphatic rings. The molecule has 0 aliphatic carbocycles. The van der Waals surface area contributed by atoms with Gasteiger partial charge in [0.1, 0.15) is 5.82 Å². The molecular formula is C28H30F3N5O5S2. The number of aryl methyl sites for hydroxylation is 1. The lowest BCUT2D eigenvalue weighted by Gasteiger charge is -2.15. The Balaban J connectivity index is 1.70. The van der Waals surface area contributed by atoms with Crippen LogP contribution in [-0.4, -0.2) is 49.6 Å². The maximum atomic E-state index is 13.7. The molecule has 0 atom stereocenters. The second-order valence-corrected chi connectivity index (χ2v) is 13.7. The van der Waals surface area contributed by atoms with Crippen molar-refractivity contribution in [3.8, 4) is 16.8 Å². The zero-order chi connectivity index (χ0) is 31.6. The van der Waals surface area contributed by atoms with Crippen LogP contribution >= 0.6 is 0 Å². The van der Waals surface area contributed by atoms with E-state index in [2.05, 4.69) is 5.10 Å². The van der Waals surface area contributed by atoms with Gasteiger partial charge in [-0.25, -0.2) is 13.2 Å². The van der Waals surface area contributed by atoms with Gasteiger partial charge in [-0.15, -0.1) is 5.10 Å². The van der Waals surface area contributed by atoms with Gasteiger partial charge in [-0.3, -0.25) is 4.57 Å². The van der Waals surface area contributed by atoms with E-state index >= 15 is 0 Å². The number of unbranched alkanes of at least 4 members (excludes halogenated alkanes) is 1. The first kappa shape index (κ1) is 32.1. The zero-order valence-electron chi connectivity index (χ0n) is 23.5. The van der Waals surface area contributed by atoms with Gasteiger partial charge in [0, 0.05) is 26.1 Å². The molecule has 0 bridgehead atoms. The largest absolute Gasteiger partial charge is 0.418 e. The van der Waals surface area contributed by atoms with Crippen LogP contribution in [0.2, 0.25) is 0 Å². The van der Waals surface area contributed by atoms with E-state index < -0.39 is 37.7 Å². The van der Waals surface area contributed by atoms with E-state index in [0.29, 0.717) is 29.8 Å². The van der Waals surface area contributed by atoms with Crippen LogP contribution in [0.4, 0.5) is 13.2 Å². The predicted molar refractivity (Wildman–Crippen MR) is 155 cm³/mol. The van der Waals surface area contributed by atoms with E-state index in [1.165, 1.54) is 55.1 Å². The molecular weight excluding hydrogens is 607 g/mol. The molecule has 10 nitrogen and oxygen atoms in total. The maximum absolute atomic E-state index is 13.7. The van der Waals surface area contributed by atoms with Crippen molar-refractivity contribution in [2.45, 2.75) is 43.8 Å². The van der Waals surface area contributed by atoms with Gasteiger partial charge < -0.3 is 0 Å². The molecule has 43 heavy (non-hydrogen) atoms. The molecule has 1 aromatic heterocycles. The van der Waals surface area contributed by atoms with Crippen LogP contribution in [-0.2, 0) is 39.4 Å². The summed E-state index contributed by atoms with van der Waals surface area (Å²) in [4.78, 5) is 13.2. The van der Waals surface area contributed by atoms with Crippen LogP contribution in [0.3, 0.4) is 0 Å². The number of aromatic nitrogens is 3. The first-order valence-corrected chi connectivity index (χ1v) is 16.1. The molecule has 4 rings (SSSR count). The average Bonchev–Trinajstić information content (AvgIpc) is 3.25. The van der Waals surface area contributed by atoms with Gasteiger partial charge in [-0.05, 0) is 35.7 Å². The normalized spacial score (nSPS) is 12.6. The van der Waals surface area contributed by atoms with Crippen molar-refractivity contribution >= 4 is 20.2 Å². The summed E-state index contributed by atoms with van der Waals surface area (Å²) < 4.78 is 96.0. The Labute approximate surface area is 247 Å². The van der Waals surface area contributed by atoms with Crippen LogP contribution in [0.25, 0.3) is 16.8 Å². The van der Waals surface area contributed by atoms with Crippen molar-refractivity contribution in [1.29, 1.82) is 0 Å². The Morgan fingerprint density at radius 2 is 1.53 bits per heavy atom. The molecule has 0 amide bonds. The fourth-order valence-corrected chi connectivity index (χ4v) is 7.14. The van der Waals surface area contributed by atoms with E-state index in [9.17, 15) is 34.8 Å². The minimum Gasteiger partial charge on any atom is -0.274 e. The monoisotopic (exact) mass is 637 g/mol. The molecule has 0 radical (unpaired) electrons. The molecule has 0 saturated heterocycles. The molecule has 0 unspecified atom stereocenters. The van der Waals surface area contributed by atoms with Gasteiger partial charge in [0.25, 0.3) is 20.2 Å². The van der Waals surface area contributed by atoms with Gasteiger partial charge in [0.15, 0.2) is 0 Å². The minimum absolute atomic E-state index is 0.00885. The molecule has 0 fully saturated rings. The summed E-state index contributed by atoms with van der Waals surface area (Å²) >= 11 is 0. The third-order valence-corrected chi connectivity index (χ3v) is 10.2. The molecule has 230 valence electrons. The highest BCUT2D eigenvalue weighted by molar-refractivity contribution is 8.03. The van der Waals surface area contributed by atoms with Crippen LogP contribution in [0.5, 0.6) is 0 Å². The van der Waals surface area contributed by atoms with Crippen LogP contribution in [0.1, 0.15) is 36.7 Å². The number of halogens is 3. The van der Waals surface area contributed by atoms with Crippen molar-refractivity contribution in [3.63, 3.8) is 0 Å². The lowest BCUT2D eigenvalue weighted by molar-refractivity contribution is -0.137. The second kappa shape index (κ2) is 12.4. The van der Waals surface area contributed by atoms with Gasteiger partial charge in [0.05, 0.1) is 22.7 Å². The molecule has 1 N–H and O–H groups in total. The van der Waals surface area contributed by atoms with Crippen molar-refractivity contribution in [1.82, 2.24) is 22.8 Å². The number of nitrogens with one attached hydrogen (secondary N) is 1. The molecule has 0 saturated carbocycles. The van der Waals surface area contributed by atoms with Gasteiger partial charge in [-0.2, -0.15) is 30.6 Å². The summed E-state index contributed by atoms with van der Waals surface area (Å²) in [5, 5.41) is 4.27. The highest BCUT2D eigenvalue weighted by Crippen LogP contribution is 2.33. The molecule has 0 spiro atoms. The van der Waals surface area contributed by atoms with Crippen LogP contribution in [0.15, 0.2) is 82.5 Å². The minimum atomic E-state index is -4.69. The lowest BCUT2D eigenvalue weighted by Crippen LogP contribution is -2.39. The number of hydrogen-bond donors (Lipinski definition) is 1. The quantitative estimate of drug-likeness (QED) is 0.263. The third-order valence-electron chi connectivity index (χ3n) is 6.61. The maximum Gasteiger partial charge on any atom is 0.418 e. The Morgan fingerprint density at radius 3 is 2.16 bits per heavy atom. The van der Waals surface area contributed by atoms with Crippen molar-refractivity contribution in [3.05, 3.63) is 100 Å². The van der Waals surface area contributed by atoms with Gasteiger partial charge in [0.2, 0.25) is 0 Å². The molecule has 0 aliphatic heterocycles. The van der Waals surface area contributed by atoms with Crippen LogP contribution < -0.4 is 9.82 Å². The van der Waals surface area contributed by atoms with Crippen molar-refractivity contribution in [2.24, 2.45) is 0 Å². The molecule has 4 aromatic rings. The topological polar surface area (TPSA) is 123 Å². The van der Waals surface area contributed by atoms with Gasteiger partial charge in [-0.1, -0.05) is 72.1 Å². The van der Waals surface area contributed by atoms with E-state index in [1.807, 2.05) is 6.92 Å². The predicted octanol–water partition coefficient (Wildman–Crippen LogP) is 4.20. The van der Waals surface area contributed by atoms with E-state index in [-0.39, 0.29) is 22.7 Å². The molecule has 1 heterocycles.